The molecule has 1 N–H and O–H groups in total. The number of hydrogen-bond acceptors (Lipinski definition) is 5. The fourth-order valence-corrected chi connectivity index (χ4v) is 3.41. The highest BCUT2D eigenvalue weighted by Gasteiger charge is 2.14. The van der Waals surface area contributed by atoms with E-state index >= 15 is 0 Å². The van der Waals surface area contributed by atoms with Crippen molar-refractivity contribution in [3.05, 3.63) is 71.8 Å². The van der Waals surface area contributed by atoms with Crippen molar-refractivity contribution in [2.45, 2.75) is 26.7 Å². The number of rotatable bonds is 7. The molecule has 0 aliphatic rings. The number of carbonyl (C=O) groups excluding carboxylic acids is 1. The summed E-state index contributed by atoms with van der Waals surface area (Å²) in [5, 5.41) is 2.86. The molecule has 164 valence electrons. The number of benzene rings is 3. The monoisotopic (exact) mass is 430 g/mol. The number of amides is 1. The van der Waals surface area contributed by atoms with Gasteiger partial charge in [0.05, 0.1) is 12.8 Å². The van der Waals surface area contributed by atoms with Gasteiger partial charge in [0.15, 0.2) is 12.2 Å². The van der Waals surface area contributed by atoms with Crippen LogP contribution >= 0.6 is 0 Å². The van der Waals surface area contributed by atoms with Gasteiger partial charge in [0.1, 0.15) is 17.0 Å². The molecule has 0 aliphatic heterocycles. The second-order valence-corrected chi connectivity index (χ2v) is 7.97. The zero-order valence-corrected chi connectivity index (χ0v) is 18.6. The number of fused-ring (bicyclic) bond motifs is 1. The normalized spacial score (nSPS) is 11.0. The first-order valence-electron chi connectivity index (χ1n) is 10.5. The van der Waals surface area contributed by atoms with E-state index in [0.717, 1.165) is 22.2 Å². The molecule has 0 saturated carbocycles. The van der Waals surface area contributed by atoms with E-state index in [2.05, 4.69) is 30.2 Å². The lowest BCUT2D eigenvalue weighted by Gasteiger charge is -2.12. The molecule has 0 atom stereocenters. The summed E-state index contributed by atoms with van der Waals surface area (Å²) >= 11 is 0. The molecule has 1 heterocycles. The molecular weight excluding hydrogens is 404 g/mol. The van der Waals surface area contributed by atoms with Crippen LogP contribution < -0.4 is 14.8 Å². The number of nitrogens with one attached hydrogen (secondary N) is 1. The van der Waals surface area contributed by atoms with Crippen LogP contribution in [0.15, 0.2) is 65.1 Å². The molecule has 6 nitrogen and oxygen atoms in total. The minimum atomic E-state index is -0.291. The van der Waals surface area contributed by atoms with Crippen LogP contribution in [0.5, 0.6) is 11.5 Å². The molecule has 0 radical (unpaired) electrons. The van der Waals surface area contributed by atoms with Gasteiger partial charge in [-0.3, -0.25) is 4.79 Å². The highest BCUT2D eigenvalue weighted by Crippen LogP contribution is 2.32. The Bertz CT molecular complexity index is 1260. The summed E-state index contributed by atoms with van der Waals surface area (Å²) in [6, 6.07) is 19.0. The number of carbonyl (C=O) groups is 1. The van der Waals surface area contributed by atoms with E-state index in [9.17, 15) is 4.79 Å². The Morgan fingerprint density at radius 3 is 2.69 bits per heavy atom. The number of ether oxygens (including phenoxy) is 2. The number of hydrogen-bond donors (Lipinski definition) is 1. The first-order valence-corrected chi connectivity index (χ1v) is 10.5. The average molecular weight is 431 g/mol. The van der Waals surface area contributed by atoms with Gasteiger partial charge < -0.3 is 19.2 Å². The summed E-state index contributed by atoms with van der Waals surface area (Å²) in [6.45, 7) is 6.14. The molecule has 0 spiro atoms. The topological polar surface area (TPSA) is 73.6 Å². The number of nitrogens with zero attached hydrogens (tertiary/aromatic N) is 1. The lowest BCUT2D eigenvalue weighted by atomic mass is 10.0. The molecule has 0 fully saturated rings. The van der Waals surface area contributed by atoms with Gasteiger partial charge in [-0.05, 0) is 66.4 Å². The molecular formula is C26H26N2O4. The maximum Gasteiger partial charge on any atom is 0.262 e. The molecule has 3 aromatic carbocycles. The van der Waals surface area contributed by atoms with Crippen molar-refractivity contribution in [2.75, 3.05) is 19.0 Å². The first kappa shape index (κ1) is 21.4. The van der Waals surface area contributed by atoms with Gasteiger partial charge in [0.25, 0.3) is 5.91 Å². The Labute approximate surface area is 187 Å². The van der Waals surface area contributed by atoms with Crippen molar-refractivity contribution >= 4 is 22.7 Å². The molecule has 0 aliphatic carbocycles. The minimum absolute atomic E-state index is 0.113. The van der Waals surface area contributed by atoms with Crippen molar-refractivity contribution in [1.29, 1.82) is 0 Å². The first-order chi connectivity index (χ1) is 15.4. The van der Waals surface area contributed by atoms with Gasteiger partial charge in [-0.2, -0.15) is 0 Å². The second kappa shape index (κ2) is 9.14. The largest absolute Gasteiger partial charge is 0.495 e. The second-order valence-electron chi connectivity index (χ2n) is 7.97. The number of aryl methyl sites for hydroxylation is 1. The van der Waals surface area contributed by atoms with Gasteiger partial charge in [0, 0.05) is 5.56 Å². The zero-order valence-electron chi connectivity index (χ0n) is 18.6. The summed E-state index contributed by atoms with van der Waals surface area (Å²) in [5.74, 6) is 1.78. The molecule has 32 heavy (non-hydrogen) atoms. The molecule has 1 amide bonds. The Hall–Kier alpha value is -3.80. The van der Waals surface area contributed by atoms with Gasteiger partial charge in [-0.1, -0.05) is 32.0 Å². The van der Waals surface area contributed by atoms with Crippen LogP contribution in [-0.4, -0.2) is 24.6 Å². The number of methoxy groups -OCH3 is 1. The average Bonchev–Trinajstić information content (AvgIpc) is 3.21. The van der Waals surface area contributed by atoms with Crippen molar-refractivity contribution in [3.63, 3.8) is 0 Å². The van der Waals surface area contributed by atoms with Crippen molar-refractivity contribution in [1.82, 2.24) is 4.98 Å². The molecule has 0 saturated heterocycles. The van der Waals surface area contributed by atoms with Crippen LogP contribution in [0.2, 0.25) is 0 Å². The van der Waals surface area contributed by atoms with E-state index in [1.807, 2.05) is 49.4 Å². The Morgan fingerprint density at radius 1 is 1.09 bits per heavy atom. The van der Waals surface area contributed by atoms with Crippen LogP contribution in [0.4, 0.5) is 5.69 Å². The van der Waals surface area contributed by atoms with E-state index in [4.69, 9.17) is 13.9 Å². The standard InChI is InChI=1S/C26H26N2O4/c1-16(2)18-8-11-24-22(13-18)28-26(32-24)19-9-10-23(30-4)21(14-19)27-25(29)15-31-20-7-5-6-17(3)12-20/h5-14,16H,15H2,1-4H3,(H,27,29). The molecule has 4 aromatic rings. The summed E-state index contributed by atoms with van der Waals surface area (Å²) in [7, 11) is 1.56. The highest BCUT2D eigenvalue weighted by molar-refractivity contribution is 5.94. The predicted molar refractivity (Wildman–Crippen MR) is 125 cm³/mol. The third kappa shape index (κ3) is 4.75. The Kier molecular flexibility index (Phi) is 6.12. The summed E-state index contributed by atoms with van der Waals surface area (Å²) < 4.78 is 17.0. The van der Waals surface area contributed by atoms with Crippen molar-refractivity contribution < 1.29 is 18.7 Å². The van der Waals surface area contributed by atoms with Gasteiger partial charge >= 0.3 is 0 Å². The lowest BCUT2D eigenvalue weighted by Crippen LogP contribution is -2.20. The van der Waals surface area contributed by atoms with Gasteiger partial charge in [0.2, 0.25) is 5.89 Å². The highest BCUT2D eigenvalue weighted by atomic mass is 16.5. The van der Waals surface area contributed by atoms with Gasteiger partial charge in [-0.25, -0.2) is 4.98 Å². The molecule has 0 bridgehead atoms. The summed E-state index contributed by atoms with van der Waals surface area (Å²) in [5.41, 5.74) is 5.05. The predicted octanol–water partition coefficient (Wildman–Crippen LogP) is 5.95. The van der Waals surface area contributed by atoms with Crippen LogP contribution in [0, 0.1) is 6.92 Å². The van der Waals surface area contributed by atoms with Crippen molar-refractivity contribution in [3.8, 4) is 23.0 Å². The minimum Gasteiger partial charge on any atom is -0.495 e. The number of oxazole rings is 1. The molecule has 1 aromatic heterocycles. The van der Waals surface area contributed by atoms with Crippen LogP contribution in [0.3, 0.4) is 0 Å². The fourth-order valence-electron chi connectivity index (χ4n) is 3.41. The lowest BCUT2D eigenvalue weighted by molar-refractivity contribution is -0.118. The smallest absolute Gasteiger partial charge is 0.262 e. The Morgan fingerprint density at radius 2 is 1.94 bits per heavy atom. The van der Waals surface area contributed by atoms with E-state index in [1.54, 1.807) is 19.2 Å². The van der Waals surface area contributed by atoms with E-state index in [-0.39, 0.29) is 12.5 Å². The molecule has 0 unspecified atom stereocenters. The van der Waals surface area contributed by atoms with Crippen LogP contribution in [0.25, 0.3) is 22.6 Å². The van der Waals surface area contributed by atoms with Crippen LogP contribution in [-0.2, 0) is 4.79 Å². The quantitative estimate of drug-likeness (QED) is 0.392. The zero-order chi connectivity index (χ0) is 22.7. The third-order valence-corrected chi connectivity index (χ3v) is 5.16. The summed E-state index contributed by atoms with van der Waals surface area (Å²) in [6.07, 6.45) is 0. The van der Waals surface area contributed by atoms with Crippen molar-refractivity contribution in [2.24, 2.45) is 0 Å². The summed E-state index contributed by atoms with van der Waals surface area (Å²) in [4.78, 5) is 17.1. The third-order valence-electron chi connectivity index (χ3n) is 5.16. The molecule has 6 heteroatoms. The maximum atomic E-state index is 12.5. The van der Waals surface area contributed by atoms with E-state index < -0.39 is 0 Å². The molecule has 4 rings (SSSR count). The number of aromatic nitrogens is 1. The van der Waals surface area contributed by atoms with Gasteiger partial charge in [-0.15, -0.1) is 0 Å². The number of anilines is 1. The maximum absolute atomic E-state index is 12.5. The SMILES string of the molecule is COc1ccc(-c2nc3cc(C(C)C)ccc3o2)cc1NC(=O)COc1cccc(C)c1. The Balaban J connectivity index is 1.54. The fraction of sp³-hybridized carbons (Fsp3) is 0.231. The van der Waals surface area contributed by atoms with Crippen LogP contribution in [0.1, 0.15) is 30.9 Å². The van der Waals surface area contributed by atoms with E-state index in [0.29, 0.717) is 29.0 Å². The van der Waals surface area contributed by atoms with E-state index in [1.165, 1.54) is 5.56 Å².